The Morgan fingerprint density at radius 3 is 2.86 bits per heavy atom. The Morgan fingerprint density at radius 1 is 1.33 bits per heavy atom. The third-order valence-corrected chi connectivity index (χ3v) is 3.54. The van der Waals surface area contributed by atoms with E-state index in [4.69, 9.17) is 0 Å². The topological polar surface area (TPSA) is 66.5 Å². The van der Waals surface area contributed by atoms with Gasteiger partial charge in [0.15, 0.2) is 0 Å². The smallest absolute Gasteiger partial charge is 0.128 e. The number of aromatic nitrogens is 3. The highest BCUT2D eigenvalue weighted by Crippen LogP contribution is 2.20. The number of pyridine rings is 1. The van der Waals surface area contributed by atoms with E-state index in [-0.39, 0.29) is 0 Å². The first kappa shape index (κ1) is 13.1. The number of anilines is 1. The molecule has 5 nitrogen and oxygen atoms in total. The van der Waals surface area contributed by atoms with E-state index in [0.29, 0.717) is 17.9 Å². The molecule has 0 aliphatic heterocycles. The molecule has 0 radical (unpaired) electrons. The fourth-order valence-corrected chi connectivity index (χ4v) is 2.36. The summed E-state index contributed by atoms with van der Waals surface area (Å²) < 4.78 is 1.84. The highest BCUT2D eigenvalue weighted by atomic mass is 15.3. The Hall–Kier alpha value is -2.87. The van der Waals surface area contributed by atoms with E-state index >= 15 is 0 Å². The van der Waals surface area contributed by atoms with Crippen LogP contribution in [0.15, 0.2) is 36.5 Å². The molecule has 1 N–H and O–H groups in total. The average Bonchev–Trinajstić information content (AvgIpc) is 2.83. The second-order valence-corrected chi connectivity index (χ2v) is 4.94. The molecule has 0 spiro atoms. The summed E-state index contributed by atoms with van der Waals surface area (Å²) in [6.45, 7) is 2.65. The van der Waals surface area contributed by atoms with Gasteiger partial charge in [-0.1, -0.05) is 18.2 Å². The van der Waals surface area contributed by atoms with Gasteiger partial charge in [0, 0.05) is 12.4 Å². The molecule has 3 rings (SSSR count). The summed E-state index contributed by atoms with van der Waals surface area (Å²) in [5, 5.41) is 17.6. The summed E-state index contributed by atoms with van der Waals surface area (Å²) >= 11 is 0. The first-order valence-electron chi connectivity index (χ1n) is 6.70. The van der Waals surface area contributed by atoms with Crippen LogP contribution in [0.2, 0.25) is 0 Å². The molecule has 0 saturated carbocycles. The standard InChI is InChI=1S/C16H15N5/c1-11-9-19-21(2)15(11)10-18-16-7-12(8-17)13-5-3-4-6-14(13)20-16/h3-7,9H,10H2,1-2H3,(H,18,20). The van der Waals surface area contributed by atoms with Gasteiger partial charge in [-0.2, -0.15) is 10.4 Å². The van der Waals surface area contributed by atoms with Crippen LogP contribution in [0.5, 0.6) is 0 Å². The van der Waals surface area contributed by atoms with Gasteiger partial charge in [0.2, 0.25) is 0 Å². The third kappa shape index (κ3) is 2.43. The van der Waals surface area contributed by atoms with Crippen LogP contribution in [0.25, 0.3) is 10.9 Å². The highest BCUT2D eigenvalue weighted by Gasteiger charge is 2.07. The van der Waals surface area contributed by atoms with E-state index in [1.807, 2.05) is 49.1 Å². The largest absolute Gasteiger partial charge is 0.364 e. The molecule has 3 aromatic rings. The molecule has 21 heavy (non-hydrogen) atoms. The van der Waals surface area contributed by atoms with E-state index in [0.717, 1.165) is 22.2 Å². The molecule has 2 aromatic heterocycles. The number of aryl methyl sites for hydroxylation is 2. The van der Waals surface area contributed by atoms with Crippen molar-refractivity contribution in [3.05, 3.63) is 53.3 Å². The predicted molar refractivity (Wildman–Crippen MR) is 81.7 cm³/mol. The molecule has 0 fully saturated rings. The summed E-state index contributed by atoms with van der Waals surface area (Å²) in [6, 6.07) is 11.7. The molecule has 0 atom stereocenters. The van der Waals surface area contributed by atoms with Crippen LogP contribution in [0, 0.1) is 18.3 Å². The maximum Gasteiger partial charge on any atom is 0.128 e. The lowest BCUT2D eigenvalue weighted by Gasteiger charge is -2.09. The minimum atomic E-state index is 0.624. The average molecular weight is 277 g/mol. The van der Waals surface area contributed by atoms with Crippen LogP contribution >= 0.6 is 0 Å². The molecule has 2 heterocycles. The van der Waals surface area contributed by atoms with Crippen LogP contribution in [-0.2, 0) is 13.6 Å². The lowest BCUT2D eigenvalue weighted by atomic mass is 10.1. The number of hydrogen-bond donors (Lipinski definition) is 1. The summed E-state index contributed by atoms with van der Waals surface area (Å²) in [4.78, 5) is 4.55. The lowest BCUT2D eigenvalue weighted by Crippen LogP contribution is -2.08. The minimum Gasteiger partial charge on any atom is -0.364 e. The minimum absolute atomic E-state index is 0.624. The van der Waals surface area contributed by atoms with Crippen molar-refractivity contribution < 1.29 is 0 Å². The molecule has 1 aromatic carbocycles. The number of nitrogens with one attached hydrogen (secondary N) is 1. The fourth-order valence-electron chi connectivity index (χ4n) is 2.36. The van der Waals surface area contributed by atoms with Crippen molar-refractivity contribution >= 4 is 16.7 Å². The maximum atomic E-state index is 9.28. The summed E-state index contributed by atoms with van der Waals surface area (Å²) in [5.74, 6) is 0.700. The summed E-state index contributed by atoms with van der Waals surface area (Å²) in [7, 11) is 1.92. The zero-order chi connectivity index (χ0) is 14.8. The first-order valence-corrected chi connectivity index (χ1v) is 6.70. The first-order chi connectivity index (χ1) is 10.2. The number of nitriles is 1. The molecule has 0 unspecified atom stereocenters. The van der Waals surface area contributed by atoms with Gasteiger partial charge in [0.25, 0.3) is 0 Å². The molecule has 0 bridgehead atoms. The Balaban J connectivity index is 1.93. The third-order valence-electron chi connectivity index (χ3n) is 3.54. The monoisotopic (exact) mass is 277 g/mol. The van der Waals surface area contributed by atoms with Crippen LogP contribution in [0.3, 0.4) is 0 Å². The number of para-hydroxylation sites is 1. The highest BCUT2D eigenvalue weighted by molar-refractivity contribution is 5.86. The SMILES string of the molecule is Cc1cnn(C)c1CNc1cc(C#N)c2ccccc2n1. The zero-order valence-electron chi connectivity index (χ0n) is 12.0. The molecule has 104 valence electrons. The Bertz CT molecular complexity index is 822. The summed E-state index contributed by atoms with van der Waals surface area (Å²) in [6.07, 6.45) is 1.84. The van der Waals surface area contributed by atoms with Crippen molar-refractivity contribution in [3.8, 4) is 6.07 Å². The number of fused-ring (bicyclic) bond motifs is 1. The van der Waals surface area contributed by atoms with Gasteiger partial charge in [-0.25, -0.2) is 4.98 Å². The van der Waals surface area contributed by atoms with E-state index in [9.17, 15) is 5.26 Å². The van der Waals surface area contributed by atoms with Crippen LogP contribution in [0.4, 0.5) is 5.82 Å². The number of hydrogen-bond acceptors (Lipinski definition) is 4. The van der Waals surface area contributed by atoms with Crippen molar-refractivity contribution in [1.29, 1.82) is 5.26 Å². The molecular formula is C16H15N5. The number of nitrogens with zero attached hydrogens (tertiary/aromatic N) is 4. The number of rotatable bonds is 3. The van der Waals surface area contributed by atoms with Gasteiger partial charge >= 0.3 is 0 Å². The van der Waals surface area contributed by atoms with E-state index in [2.05, 4.69) is 21.5 Å². The van der Waals surface area contributed by atoms with Gasteiger partial charge in [-0.15, -0.1) is 0 Å². The van der Waals surface area contributed by atoms with Crippen molar-refractivity contribution in [1.82, 2.24) is 14.8 Å². The van der Waals surface area contributed by atoms with Crippen LogP contribution < -0.4 is 5.32 Å². The van der Waals surface area contributed by atoms with Crippen molar-refractivity contribution in [2.75, 3.05) is 5.32 Å². The Kier molecular flexibility index (Phi) is 3.28. The van der Waals surface area contributed by atoms with Gasteiger partial charge in [-0.3, -0.25) is 4.68 Å². The normalized spacial score (nSPS) is 10.5. The maximum absolute atomic E-state index is 9.28. The van der Waals surface area contributed by atoms with Crippen molar-refractivity contribution in [3.63, 3.8) is 0 Å². The molecule has 5 heteroatoms. The van der Waals surface area contributed by atoms with Crippen molar-refractivity contribution in [2.24, 2.45) is 7.05 Å². The molecule has 0 aliphatic carbocycles. The van der Waals surface area contributed by atoms with E-state index in [1.54, 1.807) is 6.07 Å². The molecule has 0 aliphatic rings. The summed E-state index contributed by atoms with van der Waals surface area (Å²) in [5.41, 5.74) is 3.68. The molecule has 0 saturated heterocycles. The lowest BCUT2D eigenvalue weighted by molar-refractivity contribution is 0.718. The number of benzene rings is 1. The van der Waals surface area contributed by atoms with Crippen LogP contribution in [0.1, 0.15) is 16.8 Å². The van der Waals surface area contributed by atoms with Gasteiger partial charge in [-0.05, 0) is 24.6 Å². The van der Waals surface area contributed by atoms with E-state index < -0.39 is 0 Å². The Labute approximate surface area is 122 Å². The van der Waals surface area contributed by atoms with Crippen LogP contribution in [-0.4, -0.2) is 14.8 Å². The quantitative estimate of drug-likeness (QED) is 0.799. The molecular weight excluding hydrogens is 262 g/mol. The Morgan fingerprint density at radius 2 is 2.14 bits per heavy atom. The second kappa shape index (κ2) is 5.25. The van der Waals surface area contributed by atoms with Gasteiger partial charge < -0.3 is 5.32 Å². The fraction of sp³-hybridized carbons (Fsp3) is 0.188. The second-order valence-electron chi connectivity index (χ2n) is 4.94. The predicted octanol–water partition coefficient (Wildman–Crippen LogP) is 2.76. The van der Waals surface area contributed by atoms with Crippen molar-refractivity contribution in [2.45, 2.75) is 13.5 Å². The van der Waals surface area contributed by atoms with Gasteiger partial charge in [0.1, 0.15) is 5.82 Å². The zero-order valence-corrected chi connectivity index (χ0v) is 12.0. The van der Waals surface area contributed by atoms with Gasteiger partial charge in [0.05, 0.1) is 35.6 Å². The molecule has 0 amide bonds. The van der Waals surface area contributed by atoms with E-state index in [1.165, 1.54) is 0 Å².